The Hall–Kier alpha value is -2.79. The van der Waals surface area contributed by atoms with Crippen molar-refractivity contribution in [3.8, 4) is 5.75 Å². The highest BCUT2D eigenvalue weighted by molar-refractivity contribution is 6.30. The van der Waals surface area contributed by atoms with Crippen LogP contribution in [0.25, 0.3) is 0 Å². The summed E-state index contributed by atoms with van der Waals surface area (Å²) in [5.41, 5.74) is 2.42. The molecule has 2 aromatic carbocycles. The Morgan fingerprint density at radius 3 is 2.58 bits per heavy atom. The van der Waals surface area contributed by atoms with Crippen LogP contribution in [-0.4, -0.2) is 27.1 Å². The third-order valence-corrected chi connectivity index (χ3v) is 4.59. The number of nitrogens with zero attached hydrogens (tertiary/aromatic N) is 3. The quantitative estimate of drug-likeness (QED) is 0.689. The minimum atomic E-state index is -0.00957. The van der Waals surface area contributed by atoms with Crippen molar-refractivity contribution in [2.75, 3.05) is 6.54 Å². The number of para-hydroxylation sites is 1. The molecule has 0 saturated carbocycles. The van der Waals surface area contributed by atoms with Gasteiger partial charge in [-0.1, -0.05) is 41.9 Å². The van der Waals surface area contributed by atoms with Crippen LogP contribution < -0.4 is 4.74 Å². The molecule has 1 amide bonds. The molecule has 0 aliphatic carbocycles. The first kappa shape index (κ1) is 16.7. The summed E-state index contributed by atoms with van der Waals surface area (Å²) in [6.45, 7) is 2.22. The summed E-state index contributed by atoms with van der Waals surface area (Å²) in [7, 11) is 0. The summed E-state index contributed by atoms with van der Waals surface area (Å²) < 4.78 is 7.49. The molecule has 0 atom stereocenters. The SMILES string of the molecule is O=C1c2cc(COc3ccccc3)nn2CCN1Cc1ccc(Cl)cc1. The molecule has 26 heavy (non-hydrogen) atoms. The van der Waals surface area contributed by atoms with Gasteiger partial charge in [0.2, 0.25) is 0 Å². The Bertz CT molecular complexity index is 907. The molecule has 1 aliphatic heterocycles. The largest absolute Gasteiger partial charge is 0.487 e. The van der Waals surface area contributed by atoms with Crippen molar-refractivity contribution in [1.29, 1.82) is 0 Å². The normalized spacial score (nSPS) is 13.6. The maximum atomic E-state index is 12.8. The van der Waals surface area contributed by atoms with Crippen LogP contribution in [0.5, 0.6) is 5.75 Å². The molecule has 0 bridgehead atoms. The number of halogens is 1. The summed E-state index contributed by atoms with van der Waals surface area (Å²) in [4.78, 5) is 14.6. The van der Waals surface area contributed by atoms with Gasteiger partial charge in [0, 0.05) is 18.1 Å². The second-order valence-electron chi connectivity index (χ2n) is 6.20. The van der Waals surface area contributed by atoms with Crippen molar-refractivity contribution in [1.82, 2.24) is 14.7 Å². The van der Waals surface area contributed by atoms with E-state index in [-0.39, 0.29) is 5.91 Å². The van der Waals surface area contributed by atoms with Crippen LogP contribution >= 0.6 is 11.6 Å². The molecule has 3 aromatic rings. The van der Waals surface area contributed by atoms with E-state index in [4.69, 9.17) is 16.3 Å². The van der Waals surface area contributed by atoms with Gasteiger partial charge in [0.1, 0.15) is 23.7 Å². The van der Waals surface area contributed by atoms with Crippen LogP contribution in [0, 0.1) is 0 Å². The fourth-order valence-electron chi connectivity index (χ4n) is 3.00. The second-order valence-corrected chi connectivity index (χ2v) is 6.64. The third kappa shape index (κ3) is 3.58. The van der Waals surface area contributed by atoms with E-state index >= 15 is 0 Å². The van der Waals surface area contributed by atoms with Crippen LogP contribution in [0.15, 0.2) is 60.7 Å². The standard InChI is InChI=1S/C20H18ClN3O2/c21-16-8-6-15(7-9-16)13-23-10-11-24-19(20(23)25)12-17(22-24)14-26-18-4-2-1-3-5-18/h1-9,12H,10-11,13-14H2. The topological polar surface area (TPSA) is 47.4 Å². The first-order valence-electron chi connectivity index (χ1n) is 8.47. The number of hydrogen-bond donors (Lipinski definition) is 0. The number of carbonyl (C=O) groups is 1. The van der Waals surface area contributed by atoms with Crippen molar-refractivity contribution in [3.63, 3.8) is 0 Å². The van der Waals surface area contributed by atoms with E-state index in [1.165, 1.54) is 0 Å². The van der Waals surface area contributed by atoms with Crippen LogP contribution in [0.2, 0.25) is 5.02 Å². The van der Waals surface area contributed by atoms with Gasteiger partial charge in [-0.05, 0) is 35.9 Å². The number of hydrogen-bond acceptors (Lipinski definition) is 3. The molecule has 0 fully saturated rings. The zero-order valence-corrected chi connectivity index (χ0v) is 14.9. The Balaban J connectivity index is 1.44. The minimum absolute atomic E-state index is 0.00957. The summed E-state index contributed by atoms with van der Waals surface area (Å²) in [5.74, 6) is 0.777. The van der Waals surface area contributed by atoms with Gasteiger partial charge in [0.05, 0.1) is 6.54 Å². The number of amides is 1. The maximum absolute atomic E-state index is 12.8. The molecule has 0 unspecified atom stereocenters. The summed E-state index contributed by atoms with van der Waals surface area (Å²) in [6, 6.07) is 19.0. The van der Waals surface area contributed by atoms with Crippen molar-refractivity contribution < 1.29 is 9.53 Å². The van der Waals surface area contributed by atoms with Crippen LogP contribution in [-0.2, 0) is 19.7 Å². The van der Waals surface area contributed by atoms with Gasteiger partial charge in [-0.3, -0.25) is 9.48 Å². The predicted octanol–water partition coefficient (Wildman–Crippen LogP) is 3.77. The molecule has 5 nitrogen and oxygen atoms in total. The zero-order chi connectivity index (χ0) is 17.9. The fourth-order valence-corrected chi connectivity index (χ4v) is 3.12. The number of ether oxygens (including phenoxy) is 1. The number of fused-ring (bicyclic) bond motifs is 1. The van der Waals surface area contributed by atoms with Crippen molar-refractivity contribution in [2.24, 2.45) is 0 Å². The fraction of sp³-hybridized carbons (Fsp3) is 0.200. The van der Waals surface area contributed by atoms with Gasteiger partial charge in [0.25, 0.3) is 5.91 Å². The molecule has 1 aromatic heterocycles. The maximum Gasteiger partial charge on any atom is 0.272 e. The molecular formula is C20H18ClN3O2. The second kappa shape index (κ2) is 7.22. The zero-order valence-electron chi connectivity index (χ0n) is 14.1. The molecule has 0 spiro atoms. The van der Waals surface area contributed by atoms with E-state index in [1.54, 1.807) is 4.68 Å². The van der Waals surface area contributed by atoms with Crippen LogP contribution in [0.3, 0.4) is 0 Å². The van der Waals surface area contributed by atoms with E-state index in [0.29, 0.717) is 37.0 Å². The average molecular weight is 368 g/mol. The monoisotopic (exact) mass is 367 g/mol. The minimum Gasteiger partial charge on any atom is -0.487 e. The Morgan fingerprint density at radius 1 is 1.04 bits per heavy atom. The van der Waals surface area contributed by atoms with E-state index in [0.717, 1.165) is 17.0 Å². The van der Waals surface area contributed by atoms with Crippen LogP contribution in [0.1, 0.15) is 21.7 Å². The van der Waals surface area contributed by atoms with Gasteiger partial charge in [-0.15, -0.1) is 0 Å². The Labute approximate surface area is 156 Å². The highest BCUT2D eigenvalue weighted by atomic mass is 35.5. The number of carbonyl (C=O) groups excluding carboxylic acids is 1. The molecule has 6 heteroatoms. The highest BCUT2D eigenvalue weighted by Gasteiger charge is 2.26. The molecule has 1 aliphatic rings. The summed E-state index contributed by atoms with van der Waals surface area (Å²) in [6.07, 6.45) is 0. The summed E-state index contributed by atoms with van der Waals surface area (Å²) >= 11 is 5.92. The molecule has 0 saturated heterocycles. The van der Waals surface area contributed by atoms with Crippen molar-refractivity contribution in [2.45, 2.75) is 19.7 Å². The highest BCUT2D eigenvalue weighted by Crippen LogP contribution is 2.19. The Morgan fingerprint density at radius 2 is 1.81 bits per heavy atom. The number of rotatable bonds is 5. The van der Waals surface area contributed by atoms with Gasteiger partial charge >= 0.3 is 0 Å². The summed E-state index contributed by atoms with van der Waals surface area (Å²) in [5, 5.41) is 5.19. The van der Waals surface area contributed by atoms with E-state index in [2.05, 4.69) is 5.10 Å². The van der Waals surface area contributed by atoms with Crippen molar-refractivity contribution in [3.05, 3.63) is 82.6 Å². The lowest BCUT2D eigenvalue weighted by Crippen LogP contribution is -2.39. The van der Waals surface area contributed by atoms with E-state index in [9.17, 15) is 4.79 Å². The number of aromatic nitrogens is 2. The molecule has 0 N–H and O–H groups in total. The molecule has 2 heterocycles. The molecule has 0 radical (unpaired) electrons. The average Bonchev–Trinajstić information content (AvgIpc) is 3.09. The van der Waals surface area contributed by atoms with Gasteiger partial charge < -0.3 is 9.64 Å². The number of benzene rings is 2. The smallest absolute Gasteiger partial charge is 0.272 e. The van der Waals surface area contributed by atoms with E-state index < -0.39 is 0 Å². The van der Waals surface area contributed by atoms with Crippen molar-refractivity contribution >= 4 is 17.5 Å². The predicted molar refractivity (Wildman–Crippen MR) is 99.2 cm³/mol. The first-order valence-corrected chi connectivity index (χ1v) is 8.85. The van der Waals surface area contributed by atoms with Gasteiger partial charge in [-0.2, -0.15) is 5.10 Å². The molecular weight excluding hydrogens is 350 g/mol. The lowest BCUT2D eigenvalue weighted by atomic mass is 10.2. The van der Waals surface area contributed by atoms with Gasteiger partial charge in [0.15, 0.2) is 0 Å². The lowest BCUT2D eigenvalue weighted by molar-refractivity contribution is 0.0683. The molecule has 4 rings (SSSR count). The van der Waals surface area contributed by atoms with Gasteiger partial charge in [-0.25, -0.2) is 0 Å². The molecule has 132 valence electrons. The Kier molecular flexibility index (Phi) is 4.63. The first-order chi connectivity index (χ1) is 12.7. The van der Waals surface area contributed by atoms with E-state index in [1.807, 2.05) is 65.6 Å². The third-order valence-electron chi connectivity index (χ3n) is 4.34. The lowest BCUT2D eigenvalue weighted by Gasteiger charge is -2.27. The van der Waals surface area contributed by atoms with Crippen LogP contribution in [0.4, 0.5) is 0 Å².